The zero-order chi connectivity index (χ0) is 30.0. The highest BCUT2D eigenvalue weighted by atomic mass is 79.9. The van der Waals surface area contributed by atoms with Crippen LogP contribution in [0.4, 0.5) is 11.4 Å². The molecule has 10 heteroatoms. The number of hydrogen-bond acceptors (Lipinski definition) is 1. The van der Waals surface area contributed by atoms with Gasteiger partial charge in [0.1, 0.15) is 11.4 Å². The lowest BCUT2D eigenvalue weighted by Gasteiger charge is -2.30. The summed E-state index contributed by atoms with van der Waals surface area (Å²) in [6.45, 7) is 20.6. The summed E-state index contributed by atoms with van der Waals surface area (Å²) < 4.78 is 2.22. The van der Waals surface area contributed by atoms with E-state index in [0.29, 0.717) is 23.7 Å². The smallest absolute Gasteiger partial charge is 0.325 e. The minimum atomic E-state index is -0.750. The summed E-state index contributed by atoms with van der Waals surface area (Å²) in [4.78, 5) is 2.54. The third-order valence-corrected chi connectivity index (χ3v) is 7.29. The number of rotatable bonds is 6. The van der Waals surface area contributed by atoms with Crippen molar-refractivity contribution in [2.24, 2.45) is 0 Å². The van der Waals surface area contributed by atoms with E-state index in [-0.39, 0.29) is 17.0 Å². The Bertz CT molecular complexity index is 1010. The van der Waals surface area contributed by atoms with Crippen LogP contribution in [0.15, 0.2) is 36.4 Å². The topological polar surface area (TPSA) is 6.25 Å². The second-order valence-electron chi connectivity index (χ2n) is 10.6. The van der Waals surface area contributed by atoms with Gasteiger partial charge in [-0.2, -0.15) is 0 Å². The Balaban J connectivity index is 0.00000149. The zero-order valence-electron chi connectivity index (χ0n) is 24.5. The minimum absolute atomic E-state index is 0. The summed E-state index contributed by atoms with van der Waals surface area (Å²) >= 11 is 32.9. The first-order chi connectivity index (χ1) is 18.1. The van der Waals surface area contributed by atoms with E-state index in [9.17, 15) is 0 Å². The molecule has 0 saturated carbocycles. The second kappa shape index (κ2) is 19.8. The van der Waals surface area contributed by atoms with Gasteiger partial charge < -0.3 is 17.0 Å². The first-order valence-electron chi connectivity index (χ1n) is 13.3. The Hall–Kier alpha value is 0.610. The van der Waals surface area contributed by atoms with E-state index < -0.39 is 8.59 Å². The van der Waals surface area contributed by atoms with Crippen molar-refractivity contribution >= 4 is 102 Å². The van der Waals surface area contributed by atoms with Crippen LogP contribution >= 0.6 is 85.5 Å². The van der Waals surface area contributed by atoms with Crippen LogP contribution in [0.5, 0.6) is 0 Å². The van der Waals surface area contributed by atoms with E-state index in [0.717, 1.165) is 19.5 Å². The maximum atomic E-state index is 4.81. The molecule has 0 aromatic heterocycles. The molecule has 0 saturated heterocycles. The molecule has 0 amide bonds. The summed E-state index contributed by atoms with van der Waals surface area (Å²) in [5.74, 6) is 1.94. The molecule has 2 nitrogen and oxygen atoms in total. The lowest BCUT2D eigenvalue weighted by Crippen LogP contribution is -3.00. The highest BCUT2D eigenvalue weighted by Gasteiger charge is 2.34. The number of hydrogen-bond donors (Lipinski definition) is 0. The largest absolute Gasteiger partial charge is 1.00 e. The minimum Gasteiger partial charge on any atom is -1.00 e. The van der Waals surface area contributed by atoms with Gasteiger partial charge in [-0.05, 0) is 23.7 Å². The molecule has 228 valence electrons. The summed E-state index contributed by atoms with van der Waals surface area (Å²) in [6, 6.07) is 13.7. The average molecular weight is 803 g/mol. The van der Waals surface area contributed by atoms with Crippen molar-refractivity contribution in [3.63, 3.8) is 0 Å². The molecular formula is C30H42Br2Cl6N2. The third kappa shape index (κ3) is 12.3. The van der Waals surface area contributed by atoms with Crippen molar-refractivity contribution in [1.29, 1.82) is 0 Å². The zero-order valence-corrected chi connectivity index (χ0v) is 32.2. The van der Waals surface area contributed by atoms with Gasteiger partial charge in [-0.25, -0.2) is 9.48 Å². The molecule has 0 radical (unpaired) electrons. The Labute approximate surface area is 291 Å². The summed E-state index contributed by atoms with van der Waals surface area (Å²) in [5, 5.41) is 0. The van der Waals surface area contributed by atoms with Crippen LogP contribution in [0, 0.1) is 0 Å². The summed E-state index contributed by atoms with van der Waals surface area (Å²) in [7, 11) is 0. The number of halogens is 8. The fourth-order valence-electron chi connectivity index (χ4n) is 4.77. The number of benzene rings is 2. The highest BCUT2D eigenvalue weighted by molar-refractivity contribution is 9.18. The standard InChI is InChI=1S/C28H40BrN2.2CHCl3.BrH/c1-18(2)22-12-9-13-23(19(3)4)26(22)30-16-11-17-31(28(30)29)27-24(20(5)6)14-10-15-25(27)21(7)8;2*2-1(3)4;/h9-10,12-15,18-21H,11,16-17H2,1-8H3;2*1H;1H/q+1;;;/p-1. The molecule has 0 bridgehead atoms. The predicted molar refractivity (Wildman–Crippen MR) is 183 cm³/mol. The van der Waals surface area contributed by atoms with Crippen LogP contribution < -0.4 is 21.9 Å². The first-order valence-corrected chi connectivity index (χ1v) is 16.7. The van der Waals surface area contributed by atoms with Gasteiger partial charge in [0.25, 0.3) is 0 Å². The Morgan fingerprint density at radius 2 is 0.975 bits per heavy atom. The molecule has 2 aromatic rings. The number of alkyl halides is 6. The van der Waals surface area contributed by atoms with E-state index in [1.807, 2.05) is 0 Å². The van der Waals surface area contributed by atoms with E-state index in [1.165, 1.54) is 38.4 Å². The number of nitrogens with zero attached hydrogens (tertiary/aromatic N) is 2. The second-order valence-corrected chi connectivity index (χ2v) is 15.3. The van der Waals surface area contributed by atoms with Crippen LogP contribution in [0.3, 0.4) is 0 Å². The molecule has 2 aromatic carbocycles. The lowest BCUT2D eigenvalue weighted by atomic mass is 9.91. The Kier molecular flexibility index (Phi) is 20.1. The van der Waals surface area contributed by atoms with Gasteiger partial charge in [-0.1, -0.05) is 161 Å². The molecule has 0 fully saturated rings. The molecule has 1 aliphatic heterocycles. The van der Waals surface area contributed by atoms with Gasteiger partial charge in [0.05, 0.1) is 13.1 Å². The van der Waals surface area contributed by atoms with E-state index in [4.69, 9.17) is 69.6 Å². The van der Waals surface area contributed by atoms with Gasteiger partial charge in [0.2, 0.25) is 0 Å². The Morgan fingerprint density at radius 3 is 1.30 bits per heavy atom. The molecule has 0 atom stereocenters. The van der Waals surface area contributed by atoms with E-state index in [2.05, 4.69) is 117 Å². The fourth-order valence-corrected chi connectivity index (χ4v) is 5.48. The van der Waals surface area contributed by atoms with Gasteiger partial charge in [-0.15, -0.1) is 0 Å². The number of amidine groups is 1. The average Bonchev–Trinajstić information content (AvgIpc) is 2.82. The quantitative estimate of drug-likeness (QED) is 0.160. The normalized spacial score (nSPS) is 13.6. The third-order valence-electron chi connectivity index (χ3n) is 6.43. The fraction of sp³-hybridized carbons (Fsp3) is 0.567. The van der Waals surface area contributed by atoms with Gasteiger partial charge in [0.15, 0.2) is 8.59 Å². The Morgan fingerprint density at radius 1 is 0.650 bits per heavy atom. The van der Waals surface area contributed by atoms with Crippen molar-refractivity contribution in [2.75, 3.05) is 18.0 Å². The molecule has 40 heavy (non-hydrogen) atoms. The monoisotopic (exact) mass is 798 g/mol. The highest BCUT2D eigenvalue weighted by Crippen LogP contribution is 2.40. The molecule has 1 aliphatic rings. The molecule has 3 rings (SSSR count). The first kappa shape index (κ1) is 40.6. The van der Waals surface area contributed by atoms with Crippen molar-refractivity contribution in [3.8, 4) is 0 Å². The van der Waals surface area contributed by atoms with Gasteiger partial charge >= 0.3 is 4.74 Å². The molecular weight excluding hydrogens is 761 g/mol. The molecule has 0 aliphatic carbocycles. The lowest BCUT2D eigenvalue weighted by molar-refractivity contribution is -0.443. The molecule has 0 spiro atoms. The maximum Gasteiger partial charge on any atom is 0.325 e. The number of para-hydroxylation sites is 2. The molecule has 0 N–H and O–H groups in total. The van der Waals surface area contributed by atoms with Crippen LogP contribution in [-0.2, 0) is 0 Å². The van der Waals surface area contributed by atoms with Crippen LogP contribution in [0.1, 0.15) is 108 Å². The van der Waals surface area contributed by atoms with Crippen LogP contribution in [0.2, 0.25) is 0 Å². The number of anilines is 1. The van der Waals surface area contributed by atoms with E-state index in [1.54, 1.807) is 0 Å². The summed E-state index contributed by atoms with van der Waals surface area (Å²) in [6.07, 6.45) is 1.14. The van der Waals surface area contributed by atoms with Crippen molar-refractivity contribution in [3.05, 3.63) is 58.7 Å². The van der Waals surface area contributed by atoms with Crippen LogP contribution in [0.25, 0.3) is 0 Å². The van der Waals surface area contributed by atoms with Gasteiger partial charge in [0, 0.05) is 44.6 Å². The van der Waals surface area contributed by atoms with Crippen LogP contribution in [-0.4, -0.2) is 31.0 Å². The summed E-state index contributed by atoms with van der Waals surface area (Å²) in [5.41, 5.74) is 8.55. The van der Waals surface area contributed by atoms with Crippen molar-refractivity contribution < 1.29 is 21.6 Å². The maximum absolute atomic E-state index is 4.81. The van der Waals surface area contributed by atoms with E-state index >= 15 is 0 Å². The SMILES string of the molecule is CC(C)c1cccc(C(C)C)c1N1CCC[N+](c2c(C(C)C)cccc2C(C)C)=C1Br.ClC(Cl)Cl.ClC(Cl)Cl.[Br-]. The van der Waals surface area contributed by atoms with Crippen molar-refractivity contribution in [1.82, 2.24) is 0 Å². The molecule has 0 unspecified atom stereocenters. The van der Waals surface area contributed by atoms with Crippen molar-refractivity contribution in [2.45, 2.75) is 94.1 Å². The predicted octanol–water partition coefficient (Wildman–Crippen LogP) is 9.46. The molecule has 1 heterocycles. The van der Waals surface area contributed by atoms with Gasteiger partial charge in [-0.3, -0.25) is 0 Å².